The molecule has 0 fully saturated rings. The summed E-state index contributed by atoms with van der Waals surface area (Å²) < 4.78 is 12.9. The molecule has 2 aromatic rings. The molecule has 0 amide bonds. The first-order valence-electron chi connectivity index (χ1n) is 5.95. The number of aldehydes is 1. The van der Waals surface area contributed by atoms with Crippen LogP contribution in [0.25, 0.3) is 0 Å². The first-order valence-corrected chi connectivity index (χ1v) is 7.54. The fourth-order valence-electron chi connectivity index (χ4n) is 1.60. The molecule has 0 aromatic heterocycles. The smallest absolute Gasteiger partial charge is 0.153 e. The molecule has 0 unspecified atom stereocenters. The van der Waals surface area contributed by atoms with Crippen LogP contribution < -0.4 is 9.47 Å². The van der Waals surface area contributed by atoms with E-state index in [1.807, 2.05) is 30.3 Å². The van der Waals surface area contributed by atoms with Gasteiger partial charge in [-0.05, 0) is 52.3 Å². The first-order chi connectivity index (χ1) is 9.70. The summed E-state index contributed by atoms with van der Waals surface area (Å²) in [5.74, 6) is 1.32. The van der Waals surface area contributed by atoms with Gasteiger partial charge in [-0.25, -0.2) is 0 Å². The van der Waals surface area contributed by atoms with Gasteiger partial charge in [-0.1, -0.05) is 22.0 Å². The molecule has 0 aliphatic carbocycles. The SMILES string of the molecule is O=Cc1cccc(Br)c1OCCOc1ccc(Br)cc1. The van der Waals surface area contributed by atoms with E-state index < -0.39 is 0 Å². The van der Waals surface area contributed by atoms with Crippen molar-refractivity contribution < 1.29 is 14.3 Å². The predicted octanol–water partition coefficient (Wildman–Crippen LogP) is 4.48. The molecule has 0 bridgehead atoms. The highest BCUT2D eigenvalue weighted by molar-refractivity contribution is 9.10. The molecule has 0 aliphatic heterocycles. The highest BCUT2D eigenvalue weighted by Crippen LogP contribution is 2.27. The molecule has 0 saturated carbocycles. The van der Waals surface area contributed by atoms with Crippen LogP contribution in [0, 0.1) is 0 Å². The third-order valence-corrected chi connectivity index (χ3v) is 3.69. The summed E-state index contributed by atoms with van der Waals surface area (Å²) in [6.07, 6.45) is 0.773. The summed E-state index contributed by atoms with van der Waals surface area (Å²) >= 11 is 6.73. The van der Waals surface area contributed by atoms with E-state index in [4.69, 9.17) is 9.47 Å². The van der Waals surface area contributed by atoms with Crippen molar-refractivity contribution in [2.45, 2.75) is 0 Å². The Hall–Kier alpha value is -1.33. The summed E-state index contributed by atoms with van der Waals surface area (Å²) in [4.78, 5) is 10.9. The second-order valence-corrected chi connectivity index (χ2v) is 5.70. The van der Waals surface area contributed by atoms with Gasteiger partial charge >= 0.3 is 0 Å². The van der Waals surface area contributed by atoms with Crippen molar-refractivity contribution in [3.05, 3.63) is 57.0 Å². The normalized spacial score (nSPS) is 10.1. The number of carbonyl (C=O) groups is 1. The molecule has 5 heteroatoms. The first kappa shape index (κ1) is 15.1. The van der Waals surface area contributed by atoms with Crippen LogP contribution in [0.3, 0.4) is 0 Å². The molecule has 2 aromatic carbocycles. The number of para-hydroxylation sites is 1. The van der Waals surface area contributed by atoms with Crippen molar-refractivity contribution in [2.75, 3.05) is 13.2 Å². The van der Waals surface area contributed by atoms with Gasteiger partial charge in [-0.2, -0.15) is 0 Å². The van der Waals surface area contributed by atoms with E-state index in [0.29, 0.717) is 24.5 Å². The molecule has 0 atom stereocenters. The van der Waals surface area contributed by atoms with Crippen molar-refractivity contribution >= 4 is 38.1 Å². The summed E-state index contributed by atoms with van der Waals surface area (Å²) in [6, 6.07) is 12.9. The molecule has 0 radical (unpaired) electrons. The van der Waals surface area contributed by atoms with Crippen LogP contribution in [-0.4, -0.2) is 19.5 Å². The van der Waals surface area contributed by atoms with E-state index in [-0.39, 0.29) is 0 Å². The van der Waals surface area contributed by atoms with E-state index in [0.717, 1.165) is 21.0 Å². The lowest BCUT2D eigenvalue weighted by Crippen LogP contribution is -2.10. The summed E-state index contributed by atoms with van der Waals surface area (Å²) in [5, 5.41) is 0. The van der Waals surface area contributed by atoms with Gasteiger partial charge in [0.25, 0.3) is 0 Å². The Balaban J connectivity index is 1.87. The molecule has 0 heterocycles. The summed E-state index contributed by atoms with van der Waals surface area (Å²) in [5.41, 5.74) is 0.517. The maximum absolute atomic E-state index is 10.9. The highest BCUT2D eigenvalue weighted by Gasteiger charge is 2.07. The predicted molar refractivity (Wildman–Crippen MR) is 84.7 cm³/mol. The number of ether oxygens (including phenoxy) is 2. The highest BCUT2D eigenvalue weighted by atomic mass is 79.9. The van der Waals surface area contributed by atoms with Crippen LogP contribution in [0.4, 0.5) is 0 Å². The van der Waals surface area contributed by atoms with Gasteiger partial charge in [0.15, 0.2) is 6.29 Å². The van der Waals surface area contributed by atoms with Crippen LogP contribution in [0.1, 0.15) is 10.4 Å². The second-order valence-electron chi connectivity index (χ2n) is 3.93. The Morgan fingerprint density at radius 3 is 2.35 bits per heavy atom. The Labute approximate surface area is 134 Å². The standard InChI is InChI=1S/C15H12Br2O3/c16-12-4-6-13(7-5-12)19-8-9-20-15-11(10-18)2-1-3-14(15)17/h1-7,10H,8-9H2. The molecule has 0 N–H and O–H groups in total. The van der Waals surface area contributed by atoms with E-state index in [9.17, 15) is 4.79 Å². The fourth-order valence-corrected chi connectivity index (χ4v) is 2.36. The third-order valence-electron chi connectivity index (χ3n) is 2.54. The lowest BCUT2D eigenvalue weighted by molar-refractivity contribution is 0.111. The number of carbonyl (C=O) groups excluding carboxylic acids is 1. The minimum absolute atomic E-state index is 0.361. The van der Waals surface area contributed by atoms with Crippen molar-refractivity contribution in [1.82, 2.24) is 0 Å². The van der Waals surface area contributed by atoms with Gasteiger partial charge in [0, 0.05) is 4.47 Å². The van der Waals surface area contributed by atoms with Gasteiger partial charge in [0.1, 0.15) is 24.7 Å². The molecule has 0 spiro atoms. The zero-order valence-corrected chi connectivity index (χ0v) is 13.7. The molecule has 104 valence electrons. The van der Waals surface area contributed by atoms with E-state index in [2.05, 4.69) is 31.9 Å². The zero-order valence-electron chi connectivity index (χ0n) is 10.5. The average Bonchev–Trinajstić information content (AvgIpc) is 2.46. The number of hydrogen-bond acceptors (Lipinski definition) is 3. The fraction of sp³-hybridized carbons (Fsp3) is 0.133. The molecular formula is C15H12Br2O3. The van der Waals surface area contributed by atoms with Crippen molar-refractivity contribution in [2.24, 2.45) is 0 Å². The Bertz CT molecular complexity index is 582. The number of benzene rings is 2. The Kier molecular flexibility index (Phi) is 5.61. The van der Waals surface area contributed by atoms with Crippen LogP contribution in [0.5, 0.6) is 11.5 Å². The maximum atomic E-state index is 10.9. The van der Waals surface area contributed by atoms with Gasteiger partial charge < -0.3 is 9.47 Å². The van der Waals surface area contributed by atoms with Crippen molar-refractivity contribution in [3.8, 4) is 11.5 Å². The molecular weight excluding hydrogens is 388 g/mol. The molecule has 2 rings (SSSR count). The second kappa shape index (κ2) is 7.45. The van der Waals surface area contributed by atoms with Gasteiger partial charge in [-0.3, -0.25) is 4.79 Å². The third kappa shape index (κ3) is 4.08. The average molecular weight is 400 g/mol. The van der Waals surface area contributed by atoms with E-state index >= 15 is 0 Å². The van der Waals surface area contributed by atoms with Gasteiger partial charge in [-0.15, -0.1) is 0 Å². The van der Waals surface area contributed by atoms with Gasteiger partial charge in [0.05, 0.1) is 10.0 Å². The Morgan fingerprint density at radius 2 is 1.65 bits per heavy atom. The van der Waals surface area contributed by atoms with Crippen LogP contribution in [-0.2, 0) is 0 Å². The molecule has 20 heavy (non-hydrogen) atoms. The van der Waals surface area contributed by atoms with Crippen LogP contribution in [0.2, 0.25) is 0 Å². The van der Waals surface area contributed by atoms with Crippen LogP contribution >= 0.6 is 31.9 Å². The minimum Gasteiger partial charge on any atom is -0.490 e. The minimum atomic E-state index is 0.361. The largest absolute Gasteiger partial charge is 0.490 e. The van der Waals surface area contributed by atoms with E-state index in [1.54, 1.807) is 12.1 Å². The topological polar surface area (TPSA) is 35.5 Å². The monoisotopic (exact) mass is 398 g/mol. The molecule has 0 aliphatic rings. The number of rotatable bonds is 6. The number of halogens is 2. The summed E-state index contributed by atoms with van der Waals surface area (Å²) in [6.45, 7) is 0.765. The zero-order chi connectivity index (χ0) is 14.4. The molecule has 3 nitrogen and oxygen atoms in total. The number of hydrogen-bond donors (Lipinski definition) is 0. The summed E-state index contributed by atoms with van der Waals surface area (Å²) in [7, 11) is 0. The van der Waals surface area contributed by atoms with E-state index in [1.165, 1.54) is 0 Å². The van der Waals surface area contributed by atoms with Crippen LogP contribution in [0.15, 0.2) is 51.4 Å². The Morgan fingerprint density at radius 1 is 0.950 bits per heavy atom. The quantitative estimate of drug-likeness (QED) is 0.530. The van der Waals surface area contributed by atoms with Gasteiger partial charge in [0.2, 0.25) is 0 Å². The molecule has 0 saturated heterocycles. The lowest BCUT2D eigenvalue weighted by Gasteiger charge is -2.11. The van der Waals surface area contributed by atoms with Crippen molar-refractivity contribution in [1.29, 1.82) is 0 Å². The maximum Gasteiger partial charge on any atom is 0.153 e. The van der Waals surface area contributed by atoms with Crippen molar-refractivity contribution in [3.63, 3.8) is 0 Å². The lowest BCUT2D eigenvalue weighted by atomic mass is 10.2.